The van der Waals surface area contributed by atoms with Gasteiger partial charge in [0, 0.05) is 18.0 Å². The van der Waals surface area contributed by atoms with Gasteiger partial charge in [0.05, 0.1) is 12.7 Å². The van der Waals surface area contributed by atoms with E-state index in [0.29, 0.717) is 41.0 Å². The van der Waals surface area contributed by atoms with Crippen molar-refractivity contribution in [3.8, 4) is 17.3 Å². The molecule has 0 atom stereocenters. The Bertz CT molecular complexity index is 830. The van der Waals surface area contributed by atoms with Crippen LogP contribution in [0, 0.1) is 0 Å². The molecule has 24 heavy (non-hydrogen) atoms. The van der Waals surface area contributed by atoms with Crippen LogP contribution < -0.4 is 5.32 Å². The first-order valence-corrected chi connectivity index (χ1v) is 7.69. The highest BCUT2D eigenvalue weighted by Crippen LogP contribution is 2.21. The number of halogens is 1. The third kappa shape index (κ3) is 3.94. The Morgan fingerprint density at radius 3 is 3.00 bits per heavy atom. The van der Waals surface area contributed by atoms with Gasteiger partial charge in [-0.15, -0.1) is 0 Å². The number of hydrogen-bond donors (Lipinski definition) is 3. The Morgan fingerprint density at radius 1 is 1.38 bits per heavy atom. The molecular weight excluding hydrogens is 332 g/mol. The molecule has 8 heteroatoms. The van der Waals surface area contributed by atoms with E-state index in [4.69, 9.17) is 16.0 Å². The summed E-state index contributed by atoms with van der Waals surface area (Å²) >= 11 is 5.98. The predicted octanol–water partition coefficient (Wildman–Crippen LogP) is 2.33. The summed E-state index contributed by atoms with van der Waals surface area (Å²) in [7, 11) is 0. The molecule has 0 spiro atoms. The van der Waals surface area contributed by atoms with Crippen LogP contribution in [0.2, 0.25) is 5.02 Å². The van der Waals surface area contributed by atoms with Gasteiger partial charge in [0.25, 0.3) is 0 Å². The highest BCUT2D eigenvalue weighted by molar-refractivity contribution is 6.31. The van der Waals surface area contributed by atoms with E-state index in [0.717, 1.165) is 0 Å². The summed E-state index contributed by atoms with van der Waals surface area (Å²) in [6, 6.07) is 8.08. The lowest BCUT2D eigenvalue weighted by Crippen LogP contribution is -2.27. The van der Waals surface area contributed by atoms with E-state index in [9.17, 15) is 9.90 Å². The molecule has 0 radical (unpaired) electrons. The molecule has 0 saturated heterocycles. The number of hydrogen-bond acceptors (Lipinski definition) is 5. The predicted molar refractivity (Wildman–Crippen MR) is 87.6 cm³/mol. The molecule has 124 valence electrons. The fraction of sp³-hybridized carbons (Fsp3) is 0.188. The number of amides is 1. The van der Waals surface area contributed by atoms with Crippen LogP contribution in [-0.2, 0) is 17.6 Å². The minimum atomic E-state index is -0.159. The summed E-state index contributed by atoms with van der Waals surface area (Å²) in [6.07, 6.45) is 2.22. The van der Waals surface area contributed by atoms with Crippen LogP contribution in [-0.4, -0.2) is 32.7 Å². The van der Waals surface area contributed by atoms with Crippen LogP contribution in [0.1, 0.15) is 11.4 Å². The summed E-state index contributed by atoms with van der Waals surface area (Å²) in [5.41, 5.74) is 0.659. The lowest BCUT2D eigenvalue weighted by atomic mass is 10.1. The van der Waals surface area contributed by atoms with Gasteiger partial charge in [0.2, 0.25) is 11.7 Å². The normalized spacial score (nSPS) is 10.7. The van der Waals surface area contributed by atoms with Crippen LogP contribution in [0.15, 0.2) is 41.0 Å². The van der Waals surface area contributed by atoms with Crippen molar-refractivity contribution in [3.05, 3.63) is 53.0 Å². The largest absolute Gasteiger partial charge is 0.508 e. The van der Waals surface area contributed by atoms with Crippen molar-refractivity contribution in [1.82, 2.24) is 20.5 Å². The SMILES string of the molecule is O=C(Cc1ccc(O)cc1Cl)NCCc1nc(-c2ccco2)n[nH]1. The number of aromatic amines is 1. The quantitative estimate of drug-likeness (QED) is 0.635. The van der Waals surface area contributed by atoms with Crippen LogP contribution >= 0.6 is 11.6 Å². The van der Waals surface area contributed by atoms with Crippen molar-refractivity contribution < 1.29 is 14.3 Å². The van der Waals surface area contributed by atoms with Crippen molar-refractivity contribution in [1.29, 1.82) is 0 Å². The number of furan rings is 1. The van der Waals surface area contributed by atoms with E-state index < -0.39 is 0 Å². The minimum Gasteiger partial charge on any atom is -0.508 e. The maximum atomic E-state index is 11.9. The fourth-order valence-corrected chi connectivity index (χ4v) is 2.40. The van der Waals surface area contributed by atoms with Crippen molar-refractivity contribution >= 4 is 17.5 Å². The fourth-order valence-electron chi connectivity index (χ4n) is 2.16. The molecule has 0 unspecified atom stereocenters. The van der Waals surface area contributed by atoms with Gasteiger partial charge in [0.15, 0.2) is 5.76 Å². The highest BCUT2D eigenvalue weighted by atomic mass is 35.5. The topological polar surface area (TPSA) is 104 Å². The van der Waals surface area contributed by atoms with E-state index in [2.05, 4.69) is 20.5 Å². The number of aromatic nitrogens is 3. The lowest BCUT2D eigenvalue weighted by Gasteiger charge is -2.06. The molecule has 3 aromatic rings. The summed E-state index contributed by atoms with van der Waals surface area (Å²) in [5.74, 6) is 1.64. The molecule has 0 fully saturated rings. The van der Waals surface area contributed by atoms with Crippen LogP contribution in [0.25, 0.3) is 11.6 Å². The molecule has 0 bridgehead atoms. The van der Waals surface area contributed by atoms with Crippen molar-refractivity contribution in [2.75, 3.05) is 6.54 Å². The number of H-pyrrole nitrogens is 1. The molecule has 3 N–H and O–H groups in total. The number of benzene rings is 1. The molecule has 1 aromatic carbocycles. The third-order valence-corrected chi connectivity index (χ3v) is 3.70. The maximum absolute atomic E-state index is 11.9. The van der Waals surface area contributed by atoms with Gasteiger partial charge >= 0.3 is 0 Å². The molecule has 7 nitrogen and oxygen atoms in total. The van der Waals surface area contributed by atoms with Gasteiger partial charge in [-0.05, 0) is 29.8 Å². The Labute approximate surface area is 142 Å². The van der Waals surface area contributed by atoms with E-state index in [-0.39, 0.29) is 18.1 Å². The van der Waals surface area contributed by atoms with E-state index in [1.165, 1.54) is 12.1 Å². The number of rotatable bonds is 6. The summed E-state index contributed by atoms with van der Waals surface area (Å²) in [4.78, 5) is 16.2. The Morgan fingerprint density at radius 2 is 2.25 bits per heavy atom. The molecule has 0 saturated carbocycles. The second kappa shape index (κ2) is 7.18. The van der Waals surface area contributed by atoms with Gasteiger partial charge in [-0.2, -0.15) is 5.10 Å². The van der Waals surface area contributed by atoms with Crippen molar-refractivity contribution in [2.45, 2.75) is 12.8 Å². The molecule has 0 aliphatic heterocycles. The Balaban J connectivity index is 1.48. The van der Waals surface area contributed by atoms with Gasteiger partial charge in [-0.1, -0.05) is 17.7 Å². The van der Waals surface area contributed by atoms with E-state index in [1.807, 2.05) is 0 Å². The average Bonchev–Trinajstić information content (AvgIpc) is 3.21. The number of aromatic hydroxyl groups is 1. The highest BCUT2D eigenvalue weighted by Gasteiger charge is 2.10. The zero-order valence-electron chi connectivity index (χ0n) is 12.6. The number of carbonyl (C=O) groups excluding carboxylic acids is 1. The van der Waals surface area contributed by atoms with Crippen LogP contribution in [0.5, 0.6) is 5.75 Å². The molecular formula is C16H15ClN4O3. The first-order valence-electron chi connectivity index (χ1n) is 7.31. The van der Waals surface area contributed by atoms with Crippen LogP contribution in [0.3, 0.4) is 0 Å². The monoisotopic (exact) mass is 346 g/mol. The summed E-state index contributed by atoms with van der Waals surface area (Å²) in [6.45, 7) is 0.418. The number of nitrogens with zero attached hydrogens (tertiary/aromatic N) is 2. The zero-order chi connectivity index (χ0) is 16.9. The molecule has 2 heterocycles. The van der Waals surface area contributed by atoms with E-state index >= 15 is 0 Å². The first-order chi connectivity index (χ1) is 11.6. The maximum Gasteiger partial charge on any atom is 0.224 e. The minimum absolute atomic E-state index is 0.0711. The van der Waals surface area contributed by atoms with Gasteiger partial charge < -0.3 is 14.8 Å². The molecule has 2 aromatic heterocycles. The van der Waals surface area contributed by atoms with Crippen LogP contribution in [0.4, 0.5) is 0 Å². The summed E-state index contributed by atoms with van der Waals surface area (Å²) in [5, 5.41) is 19.3. The van der Waals surface area contributed by atoms with E-state index in [1.54, 1.807) is 24.5 Å². The second-order valence-corrected chi connectivity index (χ2v) is 5.54. The van der Waals surface area contributed by atoms with Crippen molar-refractivity contribution in [2.24, 2.45) is 0 Å². The third-order valence-electron chi connectivity index (χ3n) is 3.34. The number of carbonyl (C=O) groups is 1. The number of nitrogens with one attached hydrogen (secondary N) is 2. The standard InChI is InChI=1S/C16H15ClN4O3/c17-12-9-11(22)4-3-10(12)8-15(23)18-6-5-14-19-16(21-20-14)13-2-1-7-24-13/h1-4,7,9,22H,5-6,8H2,(H,18,23)(H,19,20,21). The Hall–Kier alpha value is -2.80. The Kier molecular flexibility index (Phi) is 4.81. The molecule has 3 rings (SSSR count). The second-order valence-electron chi connectivity index (χ2n) is 5.14. The van der Waals surface area contributed by atoms with Crippen molar-refractivity contribution in [3.63, 3.8) is 0 Å². The van der Waals surface area contributed by atoms with Gasteiger partial charge in [-0.25, -0.2) is 4.98 Å². The molecule has 1 amide bonds. The number of phenolic OH excluding ortho intramolecular Hbond substituents is 1. The first kappa shape index (κ1) is 16.1. The average molecular weight is 347 g/mol. The molecule has 0 aliphatic rings. The lowest BCUT2D eigenvalue weighted by molar-refractivity contribution is -0.120. The molecule has 0 aliphatic carbocycles. The zero-order valence-corrected chi connectivity index (χ0v) is 13.4. The smallest absolute Gasteiger partial charge is 0.224 e. The van der Waals surface area contributed by atoms with Gasteiger partial charge in [-0.3, -0.25) is 9.89 Å². The summed E-state index contributed by atoms with van der Waals surface area (Å²) < 4.78 is 5.22. The number of phenols is 1. The van der Waals surface area contributed by atoms with Gasteiger partial charge in [0.1, 0.15) is 11.6 Å².